The highest BCUT2D eigenvalue weighted by Crippen LogP contribution is 2.36. The molecule has 1 fully saturated rings. The van der Waals surface area contributed by atoms with E-state index in [1.807, 2.05) is 0 Å². The number of carbonyl (C=O) groups excluding carboxylic acids is 1. The Hall–Kier alpha value is -2.19. The Morgan fingerprint density at radius 2 is 2.14 bits per heavy atom. The summed E-state index contributed by atoms with van der Waals surface area (Å²) in [5.74, 6) is -0.178. The van der Waals surface area contributed by atoms with Crippen LogP contribution >= 0.6 is 11.3 Å². The van der Waals surface area contributed by atoms with E-state index >= 15 is 0 Å². The molecule has 1 aliphatic rings. The highest BCUT2D eigenvalue weighted by Gasteiger charge is 2.25. The van der Waals surface area contributed by atoms with E-state index in [-0.39, 0.29) is 5.91 Å². The van der Waals surface area contributed by atoms with E-state index in [0.717, 1.165) is 4.70 Å². The van der Waals surface area contributed by atoms with Gasteiger partial charge < -0.3 is 14.7 Å². The number of anilines is 1. The Kier molecular flexibility index (Phi) is 3.72. The average molecular weight is 307 g/mol. The molecule has 0 radical (unpaired) electrons. The monoisotopic (exact) mass is 307 g/mol. The molecule has 3 rings (SSSR count). The van der Waals surface area contributed by atoms with E-state index in [9.17, 15) is 9.59 Å². The molecule has 0 bridgehead atoms. The third-order valence-corrected chi connectivity index (χ3v) is 4.35. The minimum Gasteiger partial charge on any atom is -0.465 e. The van der Waals surface area contributed by atoms with E-state index in [4.69, 9.17) is 9.84 Å². The number of pyridine rings is 1. The topological polar surface area (TPSA) is 91.8 Å². The number of nitrogens with zero attached hydrogens (tertiary/aromatic N) is 2. The van der Waals surface area contributed by atoms with Gasteiger partial charge >= 0.3 is 6.09 Å². The molecule has 0 aliphatic carbocycles. The van der Waals surface area contributed by atoms with E-state index in [1.165, 1.54) is 11.3 Å². The molecule has 0 saturated carbocycles. The lowest BCUT2D eigenvalue weighted by Crippen LogP contribution is -2.40. The zero-order chi connectivity index (χ0) is 14.8. The number of ether oxygens (including phenoxy) is 1. The second kappa shape index (κ2) is 5.66. The summed E-state index contributed by atoms with van der Waals surface area (Å²) >= 11 is 1.25. The number of fused-ring (bicyclic) bond motifs is 1. The molecule has 0 aromatic carbocycles. The fraction of sp³-hybridized carbons (Fsp3) is 0.308. The molecule has 2 N–H and O–H groups in total. The number of aromatic nitrogens is 1. The molecule has 0 atom stereocenters. The van der Waals surface area contributed by atoms with Crippen molar-refractivity contribution in [1.82, 2.24) is 9.88 Å². The van der Waals surface area contributed by atoms with Crippen molar-refractivity contribution < 1.29 is 19.4 Å². The molecular weight excluding hydrogens is 294 g/mol. The van der Waals surface area contributed by atoms with E-state index in [1.54, 1.807) is 23.4 Å². The first-order chi connectivity index (χ1) is 10.2. The first-order valence-electron chi connectivity index (χ1n) is 6.40. The predicted octanol–water partition coefficient (Wildman–Crippen LogP) is 1.86. The van der Waals surface area contributed by atoms with Gasteiger partial charge in [0.15, 0.2) is 0 Å². The SMILES string of the molecule is O=C(O)Nc1c(C(=O)N2CCOCC2)sc2cnccc12. The normalized spacial score (nSPS) is 15.1. The lowest BCUT2D eigenvalue weighted by molar-refractivity contribution is 0.0307. The van der Waals surface area contributed by atoms with Gasteiger partial charge in [-0.2, -0.15) is 0 Å². The maximum absolute atomic E-state index is 12.6. The van der Waals surface area contributed by atoms with Crippen LogP contribution in [0, 0.1) is 0 Å². The van der Waals surface area contributed by atoms with Crippen LogP contribution in [-0.2, 0) is 4.74 Å². The highest BCUT2D eigenvalue weighted by atomic mass is 32.1. The standard InChI is InChI=1S/C13H13N3O4S/c17-12(16-3-5-20-6-4-16)11-10(15-13(18)19)8-1-2-14-7-9(8)21-11/h1-2,7,15H,3-6H2,(H,18,19). The Bertz CT molecular complexity index is 694. The van der Waals surface area contributed by atoms with Crippen LogP contribution in [-0.4, -0.2) is 53.3 Å². The quantitative estimate of drug-likeness (QED) is 0.883. The van der Waals surface area contributed by atoms with Gasteiger partial charge in [-0.05, 0) is 6.07 Å². The fourth-order valence-corrected chi connectivity index (χ4v) is 3.34. The van der Waals surface area contributed by atoms with Gasteiger partial charge in [-0.3, -0.25) is 15.1 Å². The van der Waals surface area contributed by atoms with Gasteiger partial charge in [0, 0.05) is 30.9 Å². The first-order valence-corrected chi connectivity index (χ1v) is 7.22. The van der Waals surface area contributed by atoms with Crippen LogP contribution in [0.1, 0.15) is 9.67 Å². The van der Waals surface area contributed by atoms with Crippen molar-refractivity contribution in [1.29, 1.82) is 0 Å². The molecule has 0 spiro atoms. The van der Waals surface area contributed by atoms with Crippen molar-refractivity contribution in [2.24, 2.45) is 0 Å². The number of hydrogen-bond acceptors (Lipinski definition) is 5. The van der Waals surface area contributed by atoms with Gasteiger partial charge in [0.05, 0.1) is 23.6 Å². The number of morpholine rings is 1. The maximum Gasteiger partial charge on any atom is 0.409 e. The molecule has 0 unspecified atom stereocenters. The minimum absolute atomic E-state index is 0.178. The minimum atomic E-state index is -1.19. The Morgan fingerprint density at radius 1 is 1.38 bits per heavy atom. The van der Waals surface area contributed by atoms with Crippen LogP contribution in [0.4, 0.5) is 10.5 Å². The van der Waals surface area contributed by atoms with Gasteiger partial charge in [-0.15, -0.1) is 11.3 Å². The van der Waals surface area contributed by atoms with Crippen molar-refractivity contribution in [2.75, 3.05) is 31.6 Å². The molecule has 1 aliphatic heterocycles. The molecule has 2 aromatic rings. The number of hydrogen-bond donors (Lipinski definition) is 2. The molecule has 21 heavy (non-hydrogen) atoms. The van der Waals surface area contributed by atoms with Crippen molar-refractivity contribution >= 4 is 39.1 Å². The third kappa shape index (κ3) is 2.67. The van der Waals surface area contributed by atoms with Gasteiger partial charge in [-0.25, -0.2) is 4.79 Å². The zero-order valence-electron chi connectivity index (χ0n) is 11.0. The maximum atomic E-state index is 12.6. The summed E-state index contributed by atoms with van der Waals surface area (Å²) in [6.07, 6.45) is 2.01. The lowest BCUT2D eigenvalue weighted by Gasteiger charge is -2.26. The van der Waals surface area contributed by atoms with Gasteiger partial charge in [0.25, 0.3) is 5.91 Å². The molecule has 2 amide bonds. The molecule has 110 valence electrons. The van der Waals surface area contributed by atoms with Gasteiger partial charge in [-0.1, -0.05) is 0 Å². The first kappa shape index (κ1) is 13.8. The molecule has 3 heterocycles. The van der Waals surface area contributed by atoms with Crippen LogP contribution in [0.25, 0.3) is 10.1 Å². The van der Waals surface area contributed by atoms with Crippen molar-refractivity contribution in [3.63, 3.8) is 0 Å². The van der Waals surface area contributed by atoms with E-state index < -0.39 is 6.09 Å². The second-order valence-electron chi connectivity index (χ2n) is 4.51. The molecule has 7 nitrogen and oxygen atoms in total. The number of nitrogens with one attached hydrogen (secondary N) is 1. The van der Waals surface area contributed by atoms with Crippen molar-refractivity contribution in [2.45, 2.75) is 0 Å². The number of amides is 2. The van der Waals surface area contributed by atoms with Crippen molar-refractivity contribution in [3.8, 4) is 0 Å². The number of thiophene rings is 1. The Labute approximate surface area is 124 Å². The molecular formula is C13H13N3O4S. The summed E-state index contributed by atoms with van der Waals surface area (Å²) in [6, 6.07) is 1.70. The zero-order valence-corrected chi connectivity index (χ0v) is 11.9. The molecule has 8 heteroatoms. The summed E-state index contributed by atoms with van der Waals surface area (Å²) < 4.78 is 6.01. The van der Waals surface area contributed by atoms with E-state index in [2.05, 4.69) is 10.3 Å². The predicted molar refractivity (Wildman–Crippen MR) is 78.0 cm³/mol. The Balaban J connectivity index is 2.03. The van der Waals surface area contributed by atoms with Crippen molar-refractivity contribution in [3.05, 3.63) is 23.3 Å². The third-order valence-electron chi connectivity index (χ3n) is 3.22. The summed E-state index contributed by atoms with van der Waals surface area (Å²) in [7, 11) is 0. The van der Waals surface area contributed by atoms with Gasteiger partial charge in [0.2, 0.25) is 0 Å². The van der Waals surface area contributed by atoms with Crippen LogP contribution in [0.5, 0.6) is 0 Å². The number of carboxylic acid groups (broad SMARTS) is 1. The average Bonchev–Trinajstić information content (AvgIpc) is 2.86. The smallest absolute Gasteiger partial charge is 0.409 e. The summed E-state index contributed by atoms with van der Waals surface area (Å²) in [5.41, 5.74) is 0.335. The van der Waals surface area contributed by atoms with Crippen LogP contribution in [0.2, 0.25) is 0 Å². The van der Waals surface area contributed by atoms with Crippen LogP contribution < -0.4 is 5.32 Å². The van der Waals surface area contributed by atoms with Crippen LogP contribution in [0.3, 0.4) is 0 Å². The summed E-state index contributed by atoms with van der Waals surface area (Å²) in [6.45, 7) is 2.02. The largest absolute Gasteiger partial charge is 0.465 e. The van der Waals surface area contributed by atoms with E-state index in [0.29, 0.717) is 42.3 Å². The molecule has 1 saturated heterocycles. The lowest BCUT2D eigenvalue weighted by atomic mass is 10.2. The van der Waals surface area contributed by atoms with Gasteiger partial charge in [0.1, 0.15) is 4.88 Å². The number of rotatable bonds is 2. The second-order valence-corrected chi connectivity index (χ2v) is 5.56. The Morgan fingerprint density at radius 3 is 2.86 bits per heavy atom. The summed E-state index contributed by atoms with van der Waals surface area (Å²) in [4.78, 5) is 29.7. The number of carbonyl (C=O) groups is 2. The summed E-state index contributed by atoms with van der Waals surface area (Å²) in [5, 5.41) is 12.0. The fourth-order valence-electron chi connectivity index (χ4n) is 2.24. The molecule has 2 aromatic heterocycles. The van der Waals surface area contributed by atoms with Crippen LogP contribution in [0.15, 0.2) is 18.5 Å². The highest BCUT2D eigenvalue weighted by molar-refractivity contribution is 7.21.